The Labute approximate surface area is 198 Å². The lowest BCUT2D eigenvalue weighted by molar-refractivity contribution is 0.284. The molecule has 176 valence electrons. The zero-order valence-electron chi connectivity index (χ0n) is 20.1. The summed E-state index contributed by atoms with van der Waals surface area (Å²) in [5, 5.41) is 38.4. The molecular formula is C26H30N6O2. The average Bonchev–Trinajstić information content (AvgIpc) is 3.40. The van der Waals surface area contributed by atoms with Gasteiger partial charge in [-0.25, -0.2) is 0 Å². The van der Waals surface area contributed by atoms with Gasteiger partial charge in [-0.2, -0.15) is 15.4 Å². The second-order valence-corrected chi connectivity index (χ2v) is 10.3. The zero-order chi connectivity index (χ0) is 24.5. The Morgan fingerprint density at radius 2 is 1.41 bits per heavy atom. The Bertz CT molecular complexity index is 1400. The minimum absolute atomic E-state index is 0.00667. The molecule has 0 aliphatic heterocycles. The van der Waals surface area contributed by atoms with Crippen molar-refractivity contribution >= 4 is 22.1 Å². The maximum absolute atomic E-state index is 10.3. The van der Waals surface area contributed by atoms with E-state index in [0.29, 0.717) is 16.7 Å². The van der Waals surface area contributed by atoms with Crippen LogP contribution >= 0.6 is 0 Å². The molecule has 2 heterocycles. The van der Waals surface area contributed by atoms with Gasteiger partial charge in [-0.1, -0.05) is 58.9 Å². The lowest BCUT2D eigenvalue weighted by Gasteiger charge is -2.33. The quantitative estimate of drug-likeness (QED) is 0.329. The van der Waals surface area contributed by atoms with Crippen molar-refractivity contribution in [1.82, 2.24) is 30.4 Å². The molecule has 8 nitrogen and oxygen atoms in total. The molecule has 0 bridgehead atoms. The molecule has 3 aromatic carbocycles. The molecule has 0 amide bonds. The summed E-state index contributed by atoms with van der Waals surface area (Å²) in [6.45, 7) is 11.2. The SMILES string of the molecule is CC(C)(C)CC(C)(C)c1ccc(O)c(-n2nc3ccccc3n2)c1.Oc1cccc2n[nH]nc12. The first-order valence-corrected chi connectivity index (χ1v) is 11.2. The standard InChI is InChI=1S/C20H25N3O.C6H5N3O/c1-19(2,3)13-20(4,5)14-10-11-18(24)17(12-14)23-21-15-8-6-7-9-16(15)22-23;10-5-3-1-2-4-6(5)8-9-7-4/h6-12,24H,13H2,1-5H3;1-3,10H,(H,7,8,9). The molecule has 34 heavy (non-hydrogen) atoms. The van der Waals surface area contributed by atoms with Crippen molar-refractivity contribution in [2.24, 2.45) is 5.41 Å². The van der Waals surface area contributed by atoms with Gasteiger partial charge in [0.05, 0.1) is 0 Å². The van der Waals surface area contributed by atoms with Crippen LogP contribution in [0.2, 0.25) is 0 Å². The van der Waals surface area contributed by atoms with E-state index in [9.17, 15) is 5.11 Å². The summed E-state index contributed by atoms with van der Waals surface area (Å²) in [7, 11) is 0. The van der Waals surface area contributed by atoms with Crippen molar-refractivity contribution in [3.63, 3.8) is 0 Å². The van der Waals surface area contributed by atoms with E-state index in [1.54, 1.807) is 24.3 Å². The Morgan fingerprint density at radius 1 is 0.765 bits per heavy atom. The van der Waals surface area contributed by atoms with Gasteiger partial charge in [0, 0.05) is 0 Å². The van der Waals surface area contributed by atoms with Crippen LogP contribution in [0, 0.1) is 5.41 Å². The molecule has 0 saturated carbocycles. The van der Waals surface area contributed by atoms with E-state index < -0.39 is 0 Å². The number of benzene rings is 3. The molecule has 0 spiro atoms. The summed E-state index contributed by atoms with van der Waals surface area (Å²) in [5.41, 5.74) is 4.83. The molecule has 0 radical (unpaired) electrons. The summed E-state index contributed by atoms with van der Waals surface area (Å²) >= 11 is 0. The zero-order valence-corrected chi connectivity index (χ0v) is 20.1. The maximum Gasteiger partial charge on any atom is 0.154 e. The highest BCUT2D eigenvalue weighted by Gasteiger charge is 2.28. The van der Waals surface area contributed by atoms with Crippen molar-refractivity contribution in [2.75, 3.05) is 0 Å². The molecule has 0 atom stereocenters. The van der Waals surface area contributed by atoms with Crippen LogP contribution < -0.4 is 0 Å². The largest absolute Gasteiger partial charge is 0.506 e. The second kappa shape index (κ2) is 8.78. The van der Waals surface area contributed by atoms with E-state index in [-0.39, 0.29) is 22.3 Å². The topological polar surface area (TPSA) is 113 Å². The molecule has 0 aliphatic carbocycles. The molecule has 0 saturated heterocycles. The van der Waals surface area contributed by atoms with Crippen molar-refractivity contribution in [2.45, 2.75) is 46.5 Å². The molecule has 0 unspecified atom stereocenters. The van der Waals surface area contributed by atoms with Crippen LogP contribution in [0.5, 0.6) is 11.5 Å². The fraction of sp³-hybridized carbons (Fsp3) is 0.308. The molecular weight excluding hydrogens is 428 g/mol. The number of aromatic amines is 1. The highest BCUT2D eigenvalue weighted by molar-refractivity contribution is 5.79. The summed E-state index contributed by atoms with van der Waals surface area (Å²) in [5.74, 6) is 0.344. The third-order valence-corrected chi connectivity index (χ3v) is 5.56. The van der Waals surface area contributed by atoms with Crippen LogP contribution in [-0.4, -0.2) is 40.6 Å². The predicted molar refractivity (Wildman–Crippen MR) is 133 cm³/mol. The van der Waals surface area contributed by atoms with Crippen LogP contribution in [0.3, 0.4) is 0 Å². The van der Waals surface area contributed by atoms with Gasteiger partial charge in [0.25, 0.3) is 0 Å². The number of H-pyrrole nitrogens is 1. The van der Waals surface area contributed by atoms with Crippen molar-refractivity contribution < 1.29 is 10.2 Å². The Morgan fingerprint density at radius 3 is 2.03 bits per heavy atom. The Balaban J connectivity index is 0.000000226. The number of fused-ring (bicyclic) bond motifs is 2. The monoisotopic (exact) mass is 458 g/mol. The molecule has 2 aromatic heterocycles. The number of aromatic nitrogens is 6. The third-order valence-electron chi connectivity index (χ3n) is 5.56. The van der Waals surface area contributed by atoms with Crippen LogP contribution in [0.4, 0.5) is 0 Å². The number of nitrogens with zero attached hydrogens (tertiary/aromatic N) is 5. The third kappa shape index (κ3) is 5.01. The minimum atomic E-state index is -0.00667. The molecule has 5 aromatic rings. The number of phenolic OH excluding ortho intramolecular Hbond substituents is 2. The molecule has 0 fully saturated rings. The van der Waals surface area contributed by atoms with Gasteiger partial charge >= 0.3 is 0 Å². The molecule has 3 N–H and O–H groups in total. The van der Waals surface area contributed by atoms with Gasteiger partial charge in [0.15, 0.2) is 5.52 Å². The summed E-state index contributed by atoms with van der Waals surface area (Å²) in [6.07, 6.45) is 1.04. The summed E-state index contributed by atoms with van der Waals surface area (Å²) in [6, 6.07) is 18.5. The molecule has 0 aliphatic rings. The number of rotatable bonds is 3. The fourth-order valence-corrected chi connectivity index (χ4v) is 4.35. The number of phenols is 2. The van der Waals surface area contributed by atoms with Crippen molar-refractivity contribution in [3.8, 4) is 17.2 Å². The maximum atomic E-state index is 10.3. The summed E-state index contributed by atoms with van der Waals surface area (Å²) < 4.78 is 0. The highest BCUT2D eigenvalue weighted by atomic mass is 16.3. The number of hydrogen-bond acceptors (Lipinski definition) is 6. The lowest BCUT2D eigenvalue weighted by Crippen LogP contribution is -2.25. The van der Waals surface area contributed by atoms with Crippen LogP contribution in [0.15, 0.2) is 60.7 Å². The first kappa shape index (κ1) is 23.2. The first-order valence-electron chi connectivity index (χ1n) is 11.2. The summed E-state index contributed by atoms with van der Waals surface area (Å²) in [4.78, 5) is 1.52. The van der Waals surface area contributed by atoms with Gasteiger partial charge in [-0.3, -0.25) is 0 Å². The number of para-hydroxylation sites is 1. The Kier molecular flexibility index (Phi) is 6.00. The lowest BCUT2D eigenvalue weighted by atomic mass is 9.72. The average molecular weight is 459 g/mol. The highest BCUT2D eigenvalue weighted by Crippen LogP contribution is 2.38. The normalized spacial score (nSPS) is 12.0. The van der Waals surface area contributed by atoms with Crippen molar-refractivity contribution in [1.29, 1.82) is 0 Å². The van der Waals surface area contributed by atoms with E-state index in [1.165, 1.54) is 10.4 Å². The van der Waals surface area contributed by atoms with Gasteiger partial charge in [0.2, 0.25) is 0 Å². The van der Waals surface area contributed by atoms with E-state index in [0.717, 1.165) is 17.5 Å². The van der Waals surface area contributed by atoms with E-state index in [1.807, 2.05) is 36.4 Å². The fourth-order valence-electron chi connectivity index (χ4n) is 4.35. The minimum Gasteiger partial charge on any atom is -0.506 e. The number of aromatic hydroxyl groups is 2. The first-order chi connectivity index (χ1) is 16.0. The van der Waals surface area contributed by atoms with Crippen LogP contribution in [0.25, 0.3) is 27.8 Å². The van der Waals surface area contributed by atoms with E-state index in [4.69, 9.17) is 5.11 Å². The molecule has 5 rings (SSSR count). The predicted octanol–water partition coefficient (Wildman–Crippen LogP) is 5.50. The number of nitrogens with one attached hydrogen (secondary N) is 1. The Hall–Kier alpha value is -3.94. The van der Waals surface area contributed by atoms with Gasteiger partial charge in [0.1, 0.15) is 33.7 Å². The van der Waals surface area contributed by atoms with Gasteiger partial charge in [-0.05, 0) is 59.2 Å². The molecule has 8 heteroatoms. The number of hydrogen-bond donors (Lipinski definition) is 3. The van der Waals surface area contributed by atoms with E-state index in [2.05, 4.69) is 60.2 Å². The smallest absolute Gasteiger partial charge is 0.154 e. The van der Waals surface area contributed by atoms with Crippen LogP contribution in [0.1, 0.15) is 46.6 Å². The van der Waals surface area contributed by atoms with Gasteiger partial charge < -0.3 is 10.2 Å². The van der Waals surface area contributed by atoms with Gasteiger partial charge in [-0.15, -0.1) is 15.0 Å². The van der Waals surface area contributed by atoms with Crippen LogP contribution in [-0.2, 0) is 5.41 Å². The van der Waals surface area contributed by atoms with E-state index >= 15 is 0 Å². The second-order valence-electron chi connectivity index (χ2n) is 10.3. The van der Waals surface area contributed by atoms with Crippen molar-refractivity contribution in [3.05, 3.63) is 66.2 Å².